The molecule has 1 aliphatic heterocycles. The van der Waals surface area contributed by atoms with Gasteiger partial charge in [-0.05, 0) is 38.3 Å². The van der Waals surface area contributed by atoms with Gasteiger partial charge in [-0.3, -0.25) is 0 Å². The minimum absolute atomic E-state index is 0.413. The summed E-state index contributed by atoms with van der Waals surface area (Å²) in [5.41, 5.74) is 2.47. The molecule has 3 heteroatoms. The Bertz CT molecular complexity index is 413. The molecule has 0 saturated heterocycles. The maximum atomic E-state index is 5.97. The van der Waals surface area contributed by atoms with Crippen LogP contribution in [0.3, 0.4) is 0 Å². The van der Waals surface area contributed by atoms with E-state index in [4.69, 9.17) is 9.47 Å². The van der Waals surface area contributed by atoms with Crippen molar-refractivity contribution in [1.29, 1.82) is 0 Å². The third-order valence-corrected chi connectivity index (χ3v) is 3.17. The van der Waals surface area contributed by atoms with Crippen LogP contribution in [0.5, 0.6) is 11.5 Å². The van der Waals surface area contributed by atoms with E-state index >= 15 is 0 Å². The van der Waals surface area contributed by atoms with Gasteiger partial charge in [0.25, 0.3) is 0 Å². The van der Waals surface area contributed by atoms with E-state index in [9.17, 15) is 0 Å². The first-order chi connectivity index (χ1) is 7.78. The number of rotatable bonds is 3. The van der Waals surface area contributed by atoms with Crippen molar-refractivity contribution in [2.75, 3.05) is 12.4 Å². The number of anilines is 1. The van der Waals surface area contributed by atoms with E-state index in [1.54, 1.807) is 7.11 Å². The second-order valence-corrected chi connectivity index (χ2v) is 4.69. The lowest BCUT2D eigenvalue weighted by atomic mass is 10.1. The Hall–Kier alpha value is -1.38. The smallest absolute Gasteiger partial charge is 0.166 e. The molecule has 1 atom stereocenters. The number of fused-ring (bicyclic) bond motifs is 1. The summed E-state index contributed by atoms with van der Waals surface area (Å²) in [6.45, 7) is 2.19. The Morgan fingerprint density at radius 2 is 2.12 bits per heavy atom. The van der Waals surface area contributed by atoms with Gasteiger partial charge in [0.05, 0.1) is 13.2 Å². The first kappa shape index (κ1) is 9.82. The van der Waals surface area contributed by atoms with Crippen LogP contribution >= 0.6 is 0 Å². The van der Waals surface area contributed by atoms with Crippen molar-refractivity contribution in [3.63, 3.8) is 0 Å². The van der Waals surface area contributed by atoms with Gasteiger partial charge in [0.2, 0.25) is 0 Å². The maximum Gasteiger partial charge on any atom is 0.166 e. The van der Waals surface area contributed by atoms with Gasteiger partial charge in [0.1, 0.15) is 0 Å². The third-order valence-electron chi connectivity index (χ3n) is 3.17. The molecule has 0 amide bonds. The summed E-state index contributed by atoms with van der Waals surface area (Å²) in [4.78, 5) is 0. The van der Waals surface area contributed by atoms with Crippen LogP contribution in [0, 0.1) is 0 Å². The van der Waals surface area contributed by atoms with Gasteiger partial charge >= 0.3 is 0 Å². The lowest BCUT2D eigenvalue weighted by Gasteiger charge is -2.13. The molecule has 1 aliphatic carbocycles. The van der Waals surface area contributed by atoms with Crippen molar-refractivity contribution in [3.05, 3.63) is 17.7 Å². The lowest BCUT2D eigenvalue weighted by molar-refractivity contribution is 0.279. The molecule has 0 radical (unpaired) electrons. The predicted octanol–water partition coefficient (Wildman–Crippen LogP) is 2.59. The molecule has 2 aliphatic rings. The fourth-order valence-electron chi connectivity index (χ4n) is 2.21. The summed E-state index contributed by atoms with van der Waals surface area (Å²) in [7, 11) is 1.70. The Morgan fingerprint density at radius 1 is 1.31 bits per heavy atom. The van der Waals surface area contributed by atoms with Gasteiger partial charge in [-0.25, -0.2) is 0 Å². The van der Waals surface area contributed by atoms with Crippen LogP contribution in [0.15, 0.2) is 12.1 Å². The molecule has 1 unspecified atom stereocenters. The second kappa shape index (κ2) is 3.58. The Balaban J connectivity index is 2.00. The highest BCUT2D eigenvalue weighted by Crippen LogP contribution is 2.43. The monoisotopic (exact) mass is 219 g/mol. The summed E-state index contributed by atoms with van der Waals surface area (Å²) < 4.78 is 11.4. The average Bonchev–Trinajstić information content (AvgIpc) is 2.99. The Kier molecular flexibility index (Phi) is 2.20. The molecular weight excluding hydrogens is 202 g/mol. The molecular formula is C13H17NO2. The fourth-order valence-corrected chi connectivity index (χ4v) is 2.21. The molecule has 1 fully saturated rings. The Morgan fingerprint density at radius 3 is 2.81 bits per heavy atom. The zero-order valence-electron chi connectivity index (χ0n) is 9.75. The SMILES string of the molecule is COc1ccc2c(c1OC1CC1)CC(C)N2. The normalized spacial score (nSPS) is 22.5. The number of methoxy groups -OCH3 is 1. The summed E-state index contributed by atoms with van der Waals surface area (Å²) in [6, 6.07) is 4.56. The average molecular weight is 219 g/mol. The molecule has 0 aromatic heterocycles. The topological polar surface area (TPSA) is 30.5 Å². The van der Waals surface area contributed by atoms with E-state index in [0.29, 0.717) is 12.1 Å². The predicted molar refractivity (Wildman–Crippen MR) is 63.4 cm³/mol. The van der Waals surface area contributed by atoms with E-state index in [1.807, 2.05) is 6.07 Å². The molecule has 3 nitrogen and oxygen atoms in total. The molecule has 1 N–H and O–H groups in total. The molecule has 16 heavy (non-hydrogen) atoms. The molecule has 0 bridgehead atoms. The molecule has 1 aromatic carbocycles. The fraction of sp³-hybridized carbons (Fsp3) is 0.538. The van der Waals surface area contributed by atoms with Crippen LogP contribution in [-0.2, 0) is 6.42 Å². The highest BCUT2D eigenvalue weighted by atomic mass is 16.5. The van der Waals surface area contributed by atoms with Crippen LogP contribution in [0.2, 0.25) is 0 Å². The molecule has 1 saturated carbocycles. The summed E-state index contributed by atoms with van der Waals surface area (Å²) in [5, 5.41) is 3.45. The van der Waals surface area contributed by atoms with E-state index in [0.717, 1.165) is 17.9 Å². The zero-order chi connectivity index (χ0) is 11.1. The van der Waals surface area contributed by atoms with Crippen molar-refractivity contribution >= 4 is 5.69 Å². The lowest BCUT2D eigenvalue weighted by Crippen LogP contribution is -2.08. The van der Waals surface area contributed by atoms with Crippen LogP contribution in [0.1, 0.15) is 25.3 Å². The minimum Gasteiger partial charge on any atom is -0.493 e. The number of ether oxygens (including phenoxy) is 2. The van der Waals surface area contributed by atoms with Crippen LogP contribution in [-0.4, -0.2) is 19.3 Å². The standard InChI is InChI=1S/C13H17NO2/c1-8-7-10-11(14-8)5-6-12(15-2)13(10)16-9-3-4-9/h5-6,8-9,14H,3-4,7H2,1-2H3. The molecule has 1 aromatic rings. The first-order valence-corrected chi connectivity index (χ1v) is 5.91. The molecule has 0 spiro atoms. The Labute approximate surface area is 95.8 Å². The summed E-state index contributed by atoms with van der Waals surface area (Å²) in [6.07, 6.45) is 3.79. The molecule has 3 rings (SSSR count). The highest BCUT2D eigenvalue weighted by molar-refractivity contribution is 5.66. The zero-order valence-corrected chi connectivity index (χ0v) is 9.75. The third kappa shape index (κ3) is 1.60. The second-order valence-electron chi connectivity index (χ2n) is 4.69. The minimum atomic E-state index is 0.413. The van der Waals surface area contributed by atoms with Crippen LogP contribution in [0.4, 0.5) is 5.69 Å². The number of hydrogen-bond acceptors (Lipinski definition) is 3. The van der Waals surface area contributed by atoms with Crippen LogP contribution in [0.25, 0.3) is 0 Å². The molecule has 1 heterocycles. The maximum absolute atomic E-state index is 5.97. The highest BCUT2D eigenvalue weighted by Gasteiger charge is 2.29. The van der Waals surface area contributed by atoms with Gasteiger partial charge in [-0.15, -0.1) is 0 Å². The van der Waals surface area contributed by atoms with Gasteiger partial charge in [0, 0.05) is 17.3 Å². The largest absolute Gasteiger partial charge is 0.493 e. The van der Waals surface area contributed by atoms with E-state index < -0.39 is 0 Å². The van der Waals surface area contributed by atoms with Crippen molar-refractivity contribution in [3.8, 4) is 11.5 Å². The summed E-state index contributed by atoms with van der Waals surface area (Å²) in [5.74, 6) is 1.82. The van der Waals surface area contributed by atoms with E-state index in [2.05, 4.69) is 18.3 Å². The van der Waals surface area contributed by atoms with Crippen molar-refractivity contribution in [1.82, 2.24) is 0 Å². The van der Waals surface area contributed by atoms with Gasteiger partial charge < -0.3 is 14.8 Å². The van der Waals surface area contributed by atoms with Gasteiger partial charge in [-0.1, -0.05) is 0 Å². The van der Waals surface area contributed by atoms with Crippen molar-refractivity contribution in [2.45, 2.75) is 38.3 Å². The summed E-state index contributed by atoms with van der Waals surface area (Å²) >= 11 is 0. The van der Waals surface area contributed by atoms with E-state index in [-0.39, 0.29) is 0 Å². The van der Waals surface area contributed by atoms with Crippen LogP contribution < -0.4 is 14.8 Å². The van der Waals surface area contributed by atoms with Gasteiger partial charge in [0.15, 0.2) is 11.5 Å². The molecule has 86 valence electrons. The van der Waals surface area contributed by atoms with Crippen molar-refractivity contribution < 1.29 is 9.47 Å². The number of nitrogens with one attached hydrogen (secondary N) is 1. The number of hydrogen-bond donors (Lipinski definition) is 1. The first-order valence-electron chi connectivity index (χ1n) is 5.91. The number of benzene rings is 1. The quantitative estimate of drug-likeness (QED) is 0.847. The van der Waals surface area contributed by atoms with Crippen molar-refractivity contribution in [2.24, 2.45) is 0 Å². The van der Waals surface area contributed by atoms with Gasteiger partial charge in [-0.2, -0.15) is 0 Å². The van der Waals surface area contributed by atoms with E-state index in [1.165, 1.54) is 24.1 Å².